The van der Waals surface area contributed by atoms with Crippen molar-refractivity contribution in [3.05, 3.63) is 59.7 Å². The summed E-state index contributed by atoms with van der Waals surface area (Å²) in [6.45, 7) is 4.61. The van der Waals surface area contributed by atoms with Gasteiger partial charge in [0.25, 0.3) is 0 Å². The van der Waals surface area contributed by atoms with Gasteiger partial charge in [-0.1, -0.05) is 24.3 Å². The van der Waals surface area contributed by atoms with Crippen molar-refractivity contribution >= 4 is 11.4 Å². The third-order valence-electron chi connectivity index (χ3n) is 5.36. The molecule has 0 aliphatic carbocycles. The molecule has 126 valence electrons. The van der Waals surface area contributed by atoms with Gasteiger partial charge >= 0.3 is 0 Å². The maximum absolute atomic E-state index is 10.7. The van der Waals surface area contributed by atoms with Gasteiger partial charge in [0.05, 0.1) is 0 Å². The van der Waals surface area contributed by atoms with E-state index in [1.807, 2.05) is 0 Å². The SMILES string of the molecule is OC(c1ccc(N2CCCC2)cc1)c1ccc(N2CCCC2)cc1. The van der Waals surface area contributed by atoms with Gasteiger partial charge in [-0.25, -0.2) is 0 Å². The van der Waals surface area contributed by atoms with Gasteiger partial charge in [-0.05, 0) is 61.1 Å². The molecule has 2 aromatic carbocycles. The van der Waals surface area contributed by atoms with E-state index in [4.69, 9.17) is 0 Å². The highest BCUT2D eigenvalue weighted by Gasteiger charge is 2.16. The lowest BCUT2D eigenvalue weighted by Gasteiger charge is -2.20. The first-order valence-corrected chi connectivity index (χ1v) is 9.19. The van der Waals surface area contributed by atoms with Crippen molar-refractivity contribution in [1.82, 2.24) is 0 Å². The Morgan fingerprint density at radius 1 is 0.583 bits per heavy atom. The molecule has 2 aliphatic rings. The van der Waals surface area contributed by atoms with Crippen molar-refractivity contribution in [1.29, 1.82) is 0 Å². The molecule has 2 fully saturated rings. The predicted octanol–water partition coefficient (Wildman–Crippen LogP) is 3.97. The Morgan fingerprint density at radius 2 is 0.917 bits per heavy atom. The monoisotopic (exact) mass is 322 g/mol. The van der Waals surface area contributed by atoms with Crippen molar-refractivity contribution in [2.75, 3.05) is 36.0 Å². The van der Waals surface area contributed by atoms with Crippen molar-refractivity contribution in [3.8, 4) is 0 Å². The Morgan fingerprint density at radius 3 is 1.25 bits per heavy atom. The summed E-state index contributed by atoms with van der Waals surface area (Å²) in [5.41, 5.74) is 4.47. The Labute approximate surface area is 144 Å². The molecule has 3 nitrogen and oxygen atoms in total. The molecule has 2 heterocycles. The van der Waals surface area contributed by atoms with E-state index in [0.717, 1.165) is 37.3 Å². The minimum Gasteiger partial charge on any atom is -0.384 e. The van der Waals surface area contributed by atoms with Crippen molar-refractivity contribution < 1.29 is 5.11 Å². The summed E-state index contributed by atoms with van der Waals surface area (Å²) < 4.78 is 0. The summed E-state index contributed by atoms with van der Waals surface area (Å²) in [6.07, 6.45) is 4.59. The van der Waals surface area contributed by atoms with Crippen molar-refractivity contribution in [2.24, 2.45) is 0 Å². The molecule has 0 aromatic heterocycles. The topological polar surface area (TPSA) is 26.7 Å². The number of aliphatic hydroxyl groups is 1. The van der Waals surface area contributed by atoms with Crippen LogP contribution in [-0.2, 0) is 0 Å². The Hall–Kier alpha value is -2.00. The zero-order valence-corrected chi connectivity index (χ0v) is 14.2. The smallest absolute Gasteiger partial charge is 0.104 e. The highest BCUT2D eigenvalue weighted by molar-refractivity contribution is 5.51. The van der Waals surface area contributed by atoms with E-state index in [9.17, 15) is 5.11 Å². The molecule has 0 saturated carbocycles. The fourth-order valence-electron chi connectivity index (χ4n) is 3.88. The Kier molecular flexibility index (Phi) is 4.44. The molecule has 0 radical (unpaired) electrons. The minimum atomic E-state index is -0.551. The van der Waals surface area contributed by atoms with E-state index in [1.54, 1.807) is 0 Å². The molecular formula is C21H26N2O. The molecule has 0 unspecified atom stereocenters. The van der Waals surface area contributed by atoms with E-state index in [0.29, 0.717) is 0 Å². The number of anilines is 2. The Bertz CT molecular complexity index is 594. The van der Waals surface area contributed by atoms with Gasteiger partial charge in [-0.2, -0.15) is 0 Å². The standard InChI is InChI=1S/C21H26N2O/c24-21(17-5-9-19(10-6-17)22-13-1-2-14-22)18-7-11-20(12-8-18)23-15-3-4-16-23/h5-12,21,24H,1-4,13-16H2. The van der Waals surface area contributed by atoms with E-state index in [2.05, 4.69) is 58.3 Å². The first-order valence-electron chi connectivity index (χ1n) is 9.19. The van der Waals surface area contributed by atoms with Crippen molar-refractivity contribution in [2.45, 2.75) is 31.8 Å². The number of hydrogen-bond acceptors (Lipinski definition) is 3. The third-order valence-corrected chi connectivity index (χ3v) is 5.36. The average Bonchev–Trinajstić information content (AvgIpc) is 3.35. The average molecular weight is 322 g/mol. The lowest BCUT2D eigenvalue weighted by atomic mass is 10.0. The molecule has 1 N–H and O–H groups in total. The highest BCUT2D eigenvalue weighted by Crippen LogP contribution is 2.28. The summed E-state index contributed by atoms with van der Waals surface area (Å²) in [6, 6.07) is 16.8. The molecule has 0 spiro atoms. The lowest BCUT2D eigenvalue weighted by molar-refractivity contribution is 0.220. The lowest BCUT2D eigenvalue weighted by Crippen LogP contribution is -2.17. The summed E-state index contributed by atoms with van der Waals surface area (Å²) in [5, 5.41) is 10.7. The number of benzene rings is 2. The second kappa shape index (κ2) is 6.86. The van der Waals surface area contributed by atoms with Gasteiger partial charge in [0, 0.05) is 37.6 Å². The van der Waals surface area contributed by atoms with E-state index in [1.165, 1.54) is 37.1 Å². The molecule has 2 aliphatic heterocycles. The van der Waals surface area contributed by atoms with Crippen LogP contribution in [0.2, 0.25) is 0 Å². The van der Waals surface area contributed by atoms with Gasteiger partial charge in [0.2, 0.25) is 0 Å². The minimum absolute atomic E-state index is 0.551. The highest BCUT2D eigenvalue weighted by atomic mass is 16.3. The molecule has 0 atom stereocenters. The van der Waals surface area contributed by atoms with Crippen LogP contribution in [-0.4, -0.2) is 31.3 Å². The van der Waals surface area contributed by atoms with Crippen LogP contribution in [0.1, 0.15) is 42.9 Å². The zero-order valence-electron chi connectivity index (χ0n) is 14.2. The molecule has 3 heteroatoms. The summed E-state index contributed by atoms with van der Waals surface area (Å²) >= 11 is 0. The van der Waals surface area contributed by atoms with Gasteiger partial charge < -0.3 is 14.9 Å². The van der Waals surface area contributed by atoms with Crippen LogP contribution in [0.3, 0.4) is 0 Å². The van der Waals surface area contributed by atoms with Gasteiger partial charge in [-0.3, -0.25) is 0 Å². The summed E-state index contributed by atoms with van der Waals surface area (Å²) in [5.74, 6) is 0. The molecule has 0 amide bonds. The largest absolute Gasteiger partial charge is 0.384 e. The summed E-state index contributed by atoms with van der Waals surface area (Å²) in [4.78, 5) is 4.84. The Balaban J connectivity index is 1.47. The van der Waals surface area contributed by atoms with Crippen LogP contribution in [0, 0.1) is 0 Å². The van der Waals surface area contributed by atoms with E-state index < -0.39 is 6.10 Å². The number of hydrogen-bond donors (Lipinski definition) is 1. The molecule has 2 saturated heterocycles. The first-order chi connectivity index (χ1) is 11.8. The second-order valence-corrected chi connectivity index (χ2v) is 6.97. The first kappa shape index (κ1) is 15.5. The fourth-order valence-corrected chi connectivity index (χ4v) is 3.88. The quantitative estimate of drug-likeness (QED) is 0.923. The maximum Gasteiger partial charge on any atom is 0.104 e. The molecule has 4 rings (SSSR count). The van der Waals surface area contributed by atoms with E-state index in [-0.39, 0.29) is 0 Å². The normalized spacial score (nSPS) is 17.9. The van der Waals surface area contributed by atoms with Crippen LogP contribution >= 0.6 is 0 Å². The zero-order chi connectivity index (χ0) is 16.4. The molecule has 24 heavy (non-hydrogen) atoms. The van der Waals surface area contributed by atoms with Crippen LogP contribution in [0.5, 0.6) is 0 Å². The van der Waals surface area contributed by atoms with E-state index >= 15 is 0 Å². The third kappa shape index (κ3) is 3.13. The predicted molar refractivity (Wildman–Crippen MR) is 99.8 cm³/mol. The van der Waals surface area contributed by atoms with Gasteiger partial charge in [0.15, 0.2) is 0 Å². The van der Waals surface area contributed by atoms with Crippen LogP contribution < -0.4 is 9.80 Å². The molecular weight excluding hydrogens is 296 g/mol. The molecule has 0 bridgehead atoms. The number of nitrogens with zero attached hydrogens (tertiary/aromatic N) is 2. The summed E-state index contributed by atoms with van der Waals surface area (Å²) in [7, 11) is 0. The fraction of sp³-hybridized carbons (Fsp3) is 0.429. The second-order valence-electron chi connectivity index (χ2n) is 6.97. The van der Waals surface area contributed by atoms with Crippen LogP contribution in [0.4, 0.5) is 11.4 Å². The van der Waals surface area contributed by atoms with Gasteiger partial charge in [0.1, 0.15) is 6.10 Å². The van der Waals surface area contributed by atoms with Crippen LogP contribution in [0.15, 0.2) is 48.5 Å². The number of aliphatic hydroxyl groups excluding tert-OH is 1. The van der Waals surface area contributed by atoms with Crippen LogP contribution in [0.25, 0.3) is 0 Å². The number of rotatable bonds is 4. The van der Waals surface area contributed by atoms with Crippen molar-refractivity contribution in [3.63, 3.8) is 0 Å². The van der Waals surface area contributed by atoms with Gasteiger partial charge in [-0.15, -0.1) is 0 Å². The maximum atomic E-state index is 10.7. The molecule has 2 aromatic rings.